The minimum Gasteiger partial charge on any atom is -0.398 e. The Morgan fingerprint density at radius 2 is 1.88 bits per heavy atom. The van der Waals surface area contributed by atoms with Crippen LogP contribution in [-0.4, -0.2) is 0 Å². The van der Waals surface area contributed by atoms with Crippen LogP contribution in [0.25, 0.3) is 0 Å². The lowest BCUT2D eigenvalue weighted by atomic mass is 9.84. The van der Waals surface area contributed by atoms with Crippen LogP contribution >= 0.6 is 0 Å². The highest BCUT2D eigenvalue weighted by Gasteiger charge is 2.17. The number of nitrogens with two attached hydrogens (primary N) is 2. The number of hydrogen-bond acceptors (Lipinski definition) is 2. The quantitative estimate of drug-likeness (QED) is 0.767. The Morgan fingerprint density at radius 3 is 2.38 bits per heavy atom. The van der Waals surface area contributed by atoms with Crippen molar-refractivity contribution in [3.05, 3.63) is 29.3 Å². The first-order valence-electron chi connectivity index (χ1n) is 6.01. The van der Waals surface area contributed by atoms with Gasteiger partial charge in [-0.05, 0) is 29.0 Å². The second-order valence-electron chi connectivity index (χ2n) is 5.49. The van der Waals surface area contributed by atoms with Crippen LogP contribution in [-0.2, 0) is 5.41 Å². The molecule has 0 aliphatic rings. The summed E-state index contributed by atoms with van der Waals surface area (Å²) in [6, 6.07) is 6.30. The maximum Gasteiger partial charge on any atom is 0.0362 e. The van der Waals surface area contributed by atoms with Gasteiger partial charge in [-0.3, -0.25) is 0 Å². The maximum absolute atomic E-state index is 6.14. The van der Waals surface area contributed by atoms with E-state index in [1.165, 1.54) is 5.56 Å². The summed E-state index contributed by atoms with van der Waals surface area (Å²) in [4.78, 5) is 0. The number of benzene rings is 1. The molecule has 2 nitrogen and oxygen atoms in total. The molecule has 0 amide bonds. The van der Waals surface area contributed by atoms with Gasteiger partial charge < -0.3 is 11.5 Å². The van der Waals surface area contributed by atoms with E-state index >= 15 is 0 Å². The maximum atomic E-state index is 6.14. The van der Waals surface area contributed by atoms with E-state index in [2.05, 4.69) is 39.8 Å². The SMILES string of the molecule is CCCC(N)c1cc(C(C)(C)C)ccc1N. The number of hydrogen-bond donors (Lipinski definition) is 2. The standard InChI is InChI=1S/C14H24N2/c1-5-6-12(15)11-9-10(14(2,3)4)7-8-13(11)16/h7-9,12H,5-6,15-16H2,1-4H3. The Morgan fingerprint density at radius 1 is 1.25 bits per heavy atom. The van der Waals surface area contributed by atoms with Crippen molar-refractivity contribution in [2.24, 2.45) is 5.73 Å². The van der Waals surface area contributed by atoms with Crippen LogP contribution in [0.1, 0.15) is 57.7 Å². The predicted molar refractivity (Wildman–Crippen MR) is 71.4 cm³/mol. The third kappa shape index (κ3) is 2.99. The van der Waals surface area contributed by atoms with Gasteiger partial charge in [0.15, 0.2) is 0 Å². The zero-order valence-corrected chi connectivity index (χ0v) is 10.9. The Kier molecular flexibility index (Phi) is 3.98. The molecular weight excluding hydrogens is 196 g/mol. The Labute approximate surface area is 99.0 Å². The van der Waals surface area contributed by atoms with Crippen LogP contribution in [0.2, 0.25) is 0 Å². The van der Waals surface area contributed by atoms with Crippen LogP contribution in [0.5, 0.6) is 0 Å². The molecular formula is C14H24N2. The molecule has 0 heterocycles. The number of rotatable bonds is 3. The molecule has 1 rings (SSSR count). The highest BCUT2D eigenvalue weighted by atomic mass is 14.7. The molecule has 16 heavy (non-hydrogen) atoms. The lowest BCUT2D eigenvalue weighted by Gasteiger charge is -2.22. The van der Waals surface area contributed by atoms with Crippen LogP contribution in [0.3, 0.4) is 0 Å². The highest BCUT2D eigenvalue weighted by Crippen LogP contribution is 2.29. The lowest BCUT2D eigenvalue weighted by Crippen LogP contribution is -2.16. The van der Waals surface area contributed by atoms with Gasteiger partial charge in [-0.25, -0.2) is 0 Å². The third-order valence-corrected chi connectivity index (χ3v) is 2.95. The van der Waals surface area contributed by atoms with Crippen molar-refractivity contribution in [3.8, 4) is 0 Å². The minimum absolute atomic E-state index is 0.0623. The smallest absolute Gasteiger partial charge is 0.0362 e. The molecule has 4 N–H and O–H groups in total. The summed E-state index contributed by atoms with van der Waals surface area (Å²) in [6.45, 7) is 8.75. The zero-order chi connectivity index (χ0) is 12.3. The van der Waals surface area contributed by atoms with Crippen LogP contribution in [0.4, 0.5) is 5.69 Å². The molecule has 0 spiro atoms. The third-order valence-electron chi connectivity index (χ3n) is 2.95. The molecule has 1 aromatic rings. The molecule has 0 aromatic heterocycles. The van der Waals surface area contributed by atoms with E-state index in [1.54, 1.807) is 0 Å². The van der Waals surface area contributed by atoms with Crippen molar-refractivity contribution in [1.82, 2.24) is 0 Å². The summed E-state index contributed by atoms with van der Waals surface area (Å²) < 4.78 is 0. The van der Waals surface area contributed by atoms with Crippen molar-refractivity contribution in [2.45, 2.75) is 52.0 Å². The van der Waals surface area contributed by atoms with Gasteiger partial charge in [-0.1, -0.05) is 46.2 Å². The topological polar surface area (TPSA) is 52.0 Å². The number of nitrogen functional groups attached to an aromatic ring is 1. The largest absolute Gasteiger partial charge is 0.398 e. The zero-order valence-electron chi connectivity index (χ0n) is 10.9. The Bertz CT molecular complexity index is 350. The molecule has 0 saturated heterocycles. The van der Waals surface area contributed by atoms with Gasteiger partial charge in [0.1, 0.15) is 0 Å². The van der Waals surface area contributed by atoms with Gasteiger partial charge in [0.2, 0.25) is 0 Å². The summed E-state index contributed by atoms with van der Waals surface area (Å²) in [7, 11) is 0. The molecule has 1 atom stereocenters. The Balaban J connectivity index is 3.09. The summed E-state index contributed by atoms with van der Waals surface area (Å²) in [5, 5.41) is 0. The normalized spacial score (nSPS) is 13.8. The van der Waals surface area contributed by atoms with Gasteiger partial charge in [-0.2, -0.15) is 0 Å². The fraction of sp³-hybridized carbons (Fsp3) is 0.571. The van der Waals surface area contributed by atoms with Crippen LogP contribution in [0, 0.1) is 0 Å². The molecule has 0 bridgehead atoms. The molecule has 1 unspecified atom stereocenters. The molecule has 0 saturated carbocycles. The van der Waals surface area contributed by atoms with Gasteiger partial charge in [0.25, 0.3) is 0 Å². The minimum atomic E-state index is 0.0623. The van der Waals surface area contributed by atoms with Gasteiger partial charge >= 0.3 is 0 Å². The van der Waals surface area contributed by atoms with E-state index in [4.69, 9.17) is 11.5 Å². The van der Waals surface area contributed by atoms with Crippen molar-refractivity contribution < 1.29 is 0 Å². The average Bonchev–Trinajstić information content (AvgIpc) is 2.16. The first-order chi connectivity index (χ1) is 7.36. The van der Waals surface area contributed by atoms with E-state index in [9.17, 15) is 0 Å². The van der Waals surface area contributed by atoms with E-state index in [0.717, 1.165) is 24.1 Å². The molecule has 0 radical (unpaired) electrons. The fourth-order valence-corrected chi connectivity index (χ4v) is 1.83. The van der Waals surface area contributed by atoms with Crippen molar-refractivity contribution >= 4 is 5.69 Å². The van der Waals surface area contributed by atoms with Crippen molar-refractivity contribution in [3.63, 3.8) is 0 Å². The van der Waals surface area contributed by atoms with Crippen LogP contribution in [0.15, 0.2) is 18.2 Å². The van der Waals surface area contributed by atoms with E-state index in [-0.39, 0.29) is 11.5 Å². The molecule has 2 heteroatoms. The van der Waals surface area contributed by atoms with Crippen molar-refractivity contribution in [2.75, 3.05) is 5.73 Å². The van der Waals surface area contributed by atoms with Gasteiger partial charge in [0.05, 0.1) is 0 Å². The number of anilines is 1. The van der Waals surface area contributed by atoms with Gasteiger partial charge in [0, 0.05) is 11.7 Å². The van der Waals surface area contributed by atoms with E-state index in [1.807, 2.05) is 6.07 Å². The second-order valence-corrected chi connectivity index (χ2v) is 5.49. The first kappa shape index (κ1) is 13.0. The van der Waals surface area contributed by atoms with E-state index < -0.39 is 0 Å². The van der Waals surface area contributed by atoms with E-state index in [0.29, 0.717) is 0 Å². The van der Waals surface area contributed by atoms with Crippen molar-refractivity contribution in [1.29, 1.82) is 0 Å². The van der Waals surface area contributed by atoms with Gasteiger partial charge in [-0.15, -0.1) is 0 Å². The average molecular weight is 220 g/mol. The molecule has 90 valence electrons. The molecule has 0 fully saturated rings. The first-order valence-corrected chi connectivity index (χ1v) is 6.01. The van der Waals surface area contributed by atoms with Crippen LogP contribution < -0.4 is 11.5 Å². The fourth-order valence-electron chi connectivity index (χ4n) is 1.83. The summed E-state index contributed by atoms with van der Waals surface area (Å²) >= 11 is 0. The highest BCUT2D eigenvalue weighted by molar-refractivity contribution is 5.51. The lowest BCUT2D eigenvalue weighted by molar-refractivity contribution is 0.584. The molecule has 0 aliphatic heterocycles. The second kappa shape index (κ2) is 4.88. The monoisotopic (exact) mass is 220 g/mol. The summed E-state index contributed by atoms with van der Waals surface area (Å²) in [6.07, 6.45) is 2.07. The molecule has 0 aliphatic carbocycles. The summed E-state index contributed by atoms with van der Waals surface area (Å²) in [5.74, 6) is 0. The Hall–Kier alpha value is -1.02. The summed E-state index contributed by atoms with van der Waals surface area (Å²) in [5.41, 5.74) is 15.5. The predicted octanol–water partition coefficient (Wildman–Crippen LogP) is 3.37. The molecule has 1 aromatic carbocycles.